The summed E-state index contributed by atoms with van der Waals surface area (Å²) in [7, 11) is 3.25. The largest absolute Gasteiger partial charge is 0.423 e. The number of ether oxygens (including phenoxy) is 2. The fraction of sp³-hybridized carbons (Fsp3) is 0.692. The van der Waals surface area contributed by atoms with Crippen LogP contribution in [0.25, 0.3) is 0 Å². The van der Waals surface area contributed by atoms with Crippen molar-refractivity contribution in [1.82, 2.24) is 9.97 Å². The molecule has 136 valence electrons. The van der Waals surface area contributed by atoms with E-state index in [1.807, 2.05) is 13.8 Å². The molecule has 23 heavy (non-hydrogen) atoms. The topological polar surface area (TPSA) is 104 Å². The Labute approximate surface area is 131 Å². The van der Waals surface area contributed by atoms with Crippen LogP contribution in [0.2, 0.25) is 0 Å². The maximum Gasteiger partial charge on any atom is 0.423 e. The van der Waals surface area contributed by atoms with Crippen LogP contribution < -0.4 is 11.2 Å². The smallest absolute Gasteiger partial charge is 0.391 e. The maximum atomic E-state index is 11.8. The normalized spacial score (nSPS) is 16.1. The van der Waals surface area contributed by atoms with E-state index in [1.54, 1.807) is 19.2 Å². The van der Waals surface area contributed by atoms with Crippen molar-refractivity contribution < 1.29 is 27.8 Å². The van der Waals surface area contributed by atoms with Gasteiger partial charge < -0.3 is 19.6 Å². The number of H-pyrrole nitrogens is 2. The molecule has 1 unspecified atom stereocenters. The predicted molar refractivity (Wildman–Crippen MR) is 78.4 cm³/mol. The summed E-state index contributed by atoms with van der Waals surface area (Å²) in [5.41, 5.74) is -3.82. The molecule has 2 rings (SSSR count). The summed E-state index contributed by atoms with van der Waals surface area (Å²) in [5.74, 6) is 0. The number of hydrogen-bond donors (Lipinski definition) is 3. The van der Waals surface area contributed by atoms with Gasteiger partial charge in [-0.25, -0.2) is 4.79 Å². The van der Waals surface area contributed by atoms with Gasteiger partial charge in [0.15, 0.2) is 0 Å². The fourth-order valence-corrected chi connectivity index (χ4v) is 1.14. The predicted octanol–water partition coefficient (Wildman–Crippen LogP) is 1.14. The van der Waals surface area contributed by atoms with Crippen molar-refractivity contribution in [3.8, 4) is 0 Å². The zero-order chi connectivity index (χ0) is 18.5. The van der Waals surface area contributed by atoms with Crippen LogP contribution in [-0.2, 0) is 15.7 Å². The molecule has 1 saturated heterocycles. The molecule has 2 heterocycles. The summed E-state index contributed by atoms with van der Waals surface area (Å²) < 4.78 is 44.6. The molecule has 1 aliphatic heterocycles. The molecule has 7 nitrogen and oxygen atoms in total. The maximum absolute atomic E-state index is 11.8. The van der Waals surface area contributed by atoms with E-state index in [0.29, 0.717) is 12.8 Å². The molecule has 0 radical (unpaired) electrons. The van der Waals surface area contributed by atoms with Gasteiger partial charge in [-0.3, -0.25) is 9.78 Å². The minimum atomic E-state index is -4.74. The Bertz CT molecular complexity index is 507. The average Bonchev–Trinajstić information content (AvgIpc) is 2.92. The standard InChI is InChI=1S/C5H3F3N2O2.C4H8O2.C2H6O.C2H6/c6-5(7,8)2-1-9-4(12)10-3(2)11;5-4-1-2-6-3-4;1-3-2;1-2/h1H,(H2,9,10,11,12);4-5H,1-3H2;1-2H3;1-2H3. The van der Waals surface area contributed by atoms with Gasteiger partial charge in [0.2, 0.25) is 0 Å². The van der Waals surface area contributed by atoms with Crippen LogP contribution >= 0.6 is 0 Å². The van der Waals surface area contributed by atoms with Gasteiger partial charge in [-0.2, -0.15) is 13.2 Å². The molecule has 0 amide bonds. The number of hydrogen-bond acceptors (Lipinski definition) is 5. The van der Waals surface area contributed by atoms with E-state index in [1.165, 1.54) is 4.98 Å². The quantitative estimate of drug-likeness (QED) is 0.655. The molecule has 0 spiro atoms. The van der Waals surface area contributed by atoms with Crippen molar-refractivity contribution in [3.63, 3.8) is 0 Å². The highest BCUT2D eigenvalue weighted by molar-refractivity contribution is 5.07. The SMILES string of the molecule is CC.COC.O=c1[nH]cc(C(F)(F)F)c(=O)[nH]1.OC1CCOC1. The molecule has 1 aromatic rings. The lowest BCUT2D eigenvalue weighted by molar-refractivity contribution is -0.139. The van der Waals surface area contributed by atoms with Crippen molar-refractivity contribution in [2.75, 3.05) is 27.4 Å². The third kappa shape index (κ3) is 11.6. The van der Waals surface area contributed by atoms with Crippen LogP contribution in [-0.4, -0.2) is 48.6 Å². The second-order valence-electron chi connectivity index (χ2n) is 3.91. The summed E-state index contributed by atoms with van der Waals surface area (Å²) in [6.45, 7) is 5.28. The highest BCUT2D eigenvalue weighted by Gasteiger charge is 2.34. The van der Waals surface area contributed by atoms with Crippen LogP contribution in [0.1, 0.15) is 25.8 Å². The Morgan fingerprint density at radius 1 is 1.30 bits per heavy atom. The summed E-state index contributed by atoms with van der Waals surface area (Å²) in [4.78, 5) is 24.0. The fourth-order valence-electron chi connectivity index (χ4n) is 1.14. The summed E-state index contributed by atoms with van der Waals surface area (Å²) in [6.07, 6.45) is -3.76. The number of halogens is 3. The molecule has 0 saturated carbocycles. The lowest BCUT2D eigenvalue weighted by atomic mass is 10.3. The number of aromatic nitrogens is 2. The first-order valence-corrected chi connectivity index (χ1v) is 6.77. The number of aromatic amines is 2. The van der Waals surface area contributed by atoms with E-state index in [-0.39, 0.29) is 6.10 Å². The van der Waals surface area contributed by atoms with Crippen molar-refractivity contribution in [2.24, 2.45) is 0 Å². The minimum absolute atomic E-state index is 0.176. The lowest BCUT2D eigenvalue weighted by Crippen LogP contribution is -2.28. The van der Waals surface area contributed by atoms with E-state index >= 15 is 0 Å². The van der Waals surface area contributed by atoms with Crippen molar-refractivity contribution in [2.45, 2.75) is 32.5 Å². The van der Waals surface area contributed by atoms with Crippen LogP contribution in [0.15, 0.2) is 15.8 Å². The molecular weight excluding hydrogens is 321 g/mol. The van der Waals surface area contributed by atoms with Gasteiger partial charge in [0, 0.05) is 27.0 Å². The molecule has 0 aromatic carbocycles. The molecule has 0 bridgehead atoms. The average molecular weight is 344 g/mol. The van der Waals surface area contributed by atoms with Crippen LogP contribution in [0.5, 0.6) is 0 Å². The third-order valence-corrected chi connectivity index (χ3v) is 2.03. The molecular formula is C13H23F3N2O5. The van der Waals surface area contributed by atoms with E-state index < -0.39 is 23.0 Å². The van der Waals surface area contributed by atoms with E-state index in [4.69, 9.17) is 9.84 Å². The van der Waals surface area contributed by atoms with Gasteiger partial charge in [0.25, 0.3) is 5.56 Å². The zero-order valence-electron chi connectivity index (χ0n) is 13.5. The Morgan fingerprint density at radius 2 is 1.83 bits per heavy atom. The second-order valence-corrected chi connectivity index (χ2v) is 3.91. The Kier molecular flexibility index (Phi) is 13.2. The Morgan fingerprint density at radius 3 is 2.09 bits per heavy atom. The molecule has 10 heteroatoms. The number of methoxy groups -OCH3 is 1. The minimum Gasteiger partial charge on any atom is -0.391 e. The molecule has 3 N–H and O–H groups in total. The highest BCUT2D eigenvalue weighted by atomic mass is 19.4. The number of nitrogens with one attached hydrogen (secondary N) is 2. The zero-order valence-corrected chi connectivity index (χ0v) is 13.5. The number of aliphatic hydroxyl groups excluding tert-OH is 1. The summed E-state index contributed by atoms with van der Waals surface area (Å²) in [6, 6.07) is 0. The first kappa shape index (κ1) is 23.6. The Hall–Kier alpha value is -1.65. The van der Waals surface area contributed by atoms with E-state index in [9.17, 15) is 22.8 Å². The van der Waals surface area contributed by atoms with Gasteiger partial charge in [0.1, 0.15) is 5.56 Å². The first-order valence-electron chi connectivity index (χ1n) is 6.77. The third-order valence-electron chi connectivity index (χ3n) is 2.03. The number of alkyl halides is 3. The van der Waals surface area contributed by atoms with Crippen molar-refractivity contribution in [1.29, 1.82) is 0 Å². The first-order chi connectivity index (χ1) is 10.7. The van der Waals surface area contributed by atoms with Crippen molar-refractivity contribution in [3.05, 3.63) is 32.6 Å². The van der Waals surface area contributed by atoms with Gasteiger partial charge in [-0.15, -0.1) is 0 Å². The van der Waals surface area contributed by atoms with Gasteiger partial charge in [0.05, 0.1) is 12.7 Å². The monoisotopic (exact) mass is 344 g/mol. The lowest BCUT2D eigenvalue weighted by Gasteiger charge is -2.02. The summed E-state index contributed by atoms with van der Waals surface area (Å²) >= 11 is 0. The number of rotatable bonds is 0. The van der Waals surface area contributed by atoms with Gasteiger partial charge >= 0.3 is 11.9 Å². The van der Waals surface area contributed by atoms with Crippen LogP contribution in [0, 0.1) is 0 Å². The number of aliphatic hydroxyl groups is 1. The molecule has 1 atom stereocenters. The van der Waals surface area contributed by atoms with Crippen molar-refractivity contribution >= 4 is 0 Å². The second kappa shape index (κ2) is 12.9. The summed E-state index contributed by atoms with van der Waals surface area (Å²) in [5, 5.41) is 8.60. The van der Waals surface area contributed by atoms with Crippen LogP contribution in [0.4, 0.5) is 13.2 Å². The van der Waals surface area contributed by atoms with Gasteiger partial charge in [-0.1, -0.05) is 13.8 Å². The molecule has 1 aliphatic rings. The van der Waals surface area contributed by atoms with E-state index in [0.717, 1.165) is 13.0 Å². The highest BCUT2D eigenvalue weighted by Crippen LogP contribution is 2.24. The molecule has 1 aromatic heterocycles. The molecule has 1 fully saturated rings. The van der Waals surface area contributed by atoms with E-state index in [2.05, 4.69) is 4.74 Å². The van der Waals surface area contributed by atoms with Crippen LogP contribution in [0.3, 0.4) is 0 Å². The molecule has 0 aliphatic carbocycles. The van der Waals surface area contributed by atoms with Gasteiger partial charge in [-0.05, 0) is 6.42 Å². The Balaban J connectivity index is 0.